The number of carbonyl (C=O) groups is 3. The maximum absolute atomic E-state index is 12.5. The van der Waals surface area contributed by atoms with Gasteiger partial charge in [-0.05, 0) is 43.7 Å². The normalized spacial score (nSPS) is 11.4. The van der Waals surface area contributed by atoms with Gasteiger partial charge in [-0.1, -0.05) is 29.8 Å². The molecule has 31 heavy (non-hydrogen) atoms. The first kappa shape index (κ1) is 23.9. The third kappa shape index (κ3) is 7.11. The molecule has 0 spiro atoms. The Balaban J connectivity index is 2.18. The van der Waals surface area contributed by atoms with Crippen molar-refractivity contribution in [2.45, 2.75) is 34.0 Å². The van der Waals surface area contributed by atoms with Crippen LogP contribution in [0, 0.1) is 13.8 Å². The summed E-state index contributed by atoms with van der Waals surface area (Å²) >= 11 is 0. The number of ether oxygens (including phenoxy) is 2. The highest BCUT2D eigenvalue weighted by molar-refractivity contribution is 5.90. The molecular weight excluding hydrogens is 398 g/mol. The van der Waals surface area contributed by atoms with Crippen molar-refractivity contribution < 1.29 is 23.9 Å². The summed E-state index contributed by atoms with van der Waals surface area (Å²) in [6.45, 7) is 6.76. The zero-order valence-electron chi connectivity index (χ0n) is 18.3. The van der Waals surface area contributed by atoms with Crippen LogP contribution in [0.15, 0.2) is 48.5 Å². The lowest BCUT2D eigenvalue weighted by atomic mass is 10.1. The van der Waals surface area contributed by atoms with E-state index in [-0.39, 0.29) is 13.1 Å². The Morgan fingerprint density at radius 2 is 1.61 bits per heavy atom. The fourth-order valence-electron chi connectivity index (χ4n) is 2.97. The number of hydrogen-bond acceptors (Lipinski definition) is 7. The molecule has 166 valence electrons. The highest BCUT2D eigenvalue weighted by Gasteiger charge is 2.24. The van der Waals surface area contributed by atoms with Crippen LogP contribution in [0.2, 0.25) is 0 Å². The molecule has 0 fully saturated rings. The van der Waals surface area contributed by atoms with Crippen molar-refractivity contribution in [2.75, 3.05) is 24.5 Å². The number of aryl methyl sites for hydroxylation is 2. The number of esters is 1. The first-order valence-electron chi connectivity index (χ1n) is 10.0. The Morgan fingerprint density at radius 1 is 0.935 bits per heavy atom. The number of hydrogen-bond donors (Lipinski definition) is 1. The van der Waals surface area contributed by atoms with Crippen LogP contribution < -0.4 is 10.6 Å². The molecule has 1 unspecified atom stereocenters. The van der Waals surface area contributed by atoms with Crippen molar-refractivity contribution in [2.24, 2.45) is 5.73 Å². The fraction of sp³-hybridized carbons (Fsp3) is 0.348. The van der Waals surface area contributed by atoms with Gasteiger partial charge < -0.3 is 20.1 Å². The first-order chi connectivity index (χ1) is 14.7. The zero-order valence-corrected chi connectivity index (χ0v) is 18.3. The molecule has 0 aliphatic rings. The summed E-state index contributed by atoms with van der Waals surface area (Å²) in [5.74, 6) is -1.19. The molecule has 2 N–H and O–H groups in total. The van der Waals surface area contributed by atoms with Crippen LogP contribution in [-0.2, 0) is 19.1 Å². The summed E-state index contributed by atoms with van der Waals surface area (Å²) in [4.78, 5) is 38.9. The topological polar surface area (TPSA) is 102 Å². The molecule has 0 bridgehead atoms. The first-order valence-corrected chi connectivity index (χ1v) is 10.0. The maximum atomic E-state index is 12.5. The van der Waals surface area contributed by atoms with E-state index >= 15 is 0 Å². The monoisotopic (exact) mass is 427 g/mol. The number of nitrogens with two attached hydrogens (primary N) is 1. The van der Waals surface area contributed by atoms with E-state index in [1.54, 1.807) is 0 Å². The third-order valence-electron chi connectivity index (χ3n) is 4.54. The predicted octanol–water partition coefficient (Wildman–Crippen LogP) is 3.27. The van der Waals surface area contributed by atoms with E-state index in [0.29, 0.717) is 6.54 Å². The number of rotatable bonds is 8. The van der Waals surface area contributed by atoms with Crippen LogP contribution in [0.5, 0.6) is 0 Å². The van der Waals surface area contributed by atoms with Gasteiger partial charge in [-0.2, -0.15) is 0 Å². The SMILES string of the molecule is CC(=O)N(CCN(c1ccc(C)cc1)c1cccc(C)c1)C(=O)OC(C)OC(=O)CN. The molecule has 2 amide bonds. The standard InChI is InChI=1S/C23H29N3O5/c1-16-8-10-20(11-9-16)26(21-7-5-6-17(2)14-21)13-12-25(18(3)27)23(29)31-19(4)30-22(28)15-24/h5-11,14,19H,12-13,15,24H2,1-4H3. The number of anilines is 2. The number of amides is 2. The average Bonchev–Trinajstić information content (AvgIpc) is 2.71. The lowest BCUT2D eigenvalue weighted by Crippen LogP contribution is -2.42. The Bertz CT molecular complexity index is 914. The Labute approximate surface area is 182 Å². The second-order valence-electron chi connectivity index (χ2n) is 7.14. The zero-order chi connectivity index (χ0) is 23.0. The van der Waals surface area contributed by atoms with Crippen molar-refractivity contribution in [3.05, 3.63) is 59.7 Å². The molecule has 2 aromatic rings. The van der Waals surface area contributed by atoms with E-state index in [1.807, 2.05) is 67.3 Å². The van der Waals surface area contributed by atoms with E-state index in [1.165, 1.54) is 13.8 Å². The molecule has 2 rings (SSSR count). The van der Waals surface area contributed by atoms with E-state index in [9.17, 15) is 14.4 Å². The van der Waals surface area contributed by atoms with E-state index in [0.717, 1.165) is 27.4 Å². The van der Waals surface area contributed by atoms with Gasteiger partial charge in [-0.3, -0.25) is 9.59 Å². The lowest BCUT2D eigenvalue weighted by molar-refractivity contribution is -0.164. The Morgan fingerprint density at radius 3 is 2.19 bits per heavy atom. The number of benzene rings is 2. The van der Waals surface area contributed by atoms with Crippen LogP contribution >= 0.6 is 0 Å². The van der Waals surface area contributed by atoms with Gasteiger partial charge in [0.15, 0.2) is 0 Å². The summed E-state index contributed by atoms with van der Waals surface area (Å²) in [6, 6.07) is 15.9. The fourth-order valence-corrected chi connectivity index (χ4v) is 2.97. The number of carbonyl (C=O) groups excluding carboxylic acids is 3. The van der Waals surface area contributed by atoms with E-state index in [4.69, 9.17) is 15.2 Å². The largest absolute Gasteiger partial charge is 0.424 e. The maximum Gasteiger partial charge on any atom is 0.419 e. The van der Waals surface area contributed by atoms with Gasteiger partial charge in [0, 0.05) is 38.3 Å². The average molecular weight is 428 g/mol. The van der Waals surface area contributed by atoms with Crippen LogP contribution in [0.4, 0.5) is 16.2 Å². The molecule has 0 aliphatic heterocycles. The molecule has 0 saturated heterocycles. The van der Waals surface area contributed by atoms with Crippen molar-refractivity contribution in [1.82, 2.24) is 4.90 Å². The van der Waals surface area contributed by atoms with Crippen LogP contribution in [-0.4, -0.2) is 48.8 Å². The second kappa shape index (κ2) is 11.1. The minimum atomic E-state index is -1.16. The molecule has 0 saturated carbocycles. The molecule has 1 atom stereocenters. The van der Waals surface area contributed by atoms with E-state index in [2.05, 4.69) is 0 Å². The smallest absolute Gasteiger partial charge is 0.419 e. The Hall–Kier alpha value is -3.39. The minimum Gasteiger partial charge on any atom is -0.424 e. The highest BCUT2D eigenvalue weighted by atomic mass is 16.7. The summed E-state index contributed by atoms with van der Waals surface area (Å²) in [5, 5.41) is 0. The van der Waals surface area contributed by atoms with Gasteiger partial charge in [0.2, 0.25) is 12.2 Å². The molecule has 0 radical (unpaired) electrons. The summed E-state index contributed by atoms with van der Waals surface area (Å²) in [6.07, 6.45) is -2.05. The minimum absolute atomic E-state index is 0.0769. The highest BCUT2D eigenvalue weighted by Crippen LogP contribution is 2.26. The molecular formula is C23H29N3O5. The Kier molecular flexibility index (Phi) is 8.57. The molecule has 0 aromatic heterocycles. The third-order valence-corrected chi connectivity index (χ3v) is 4.54. The molecule has 8 heteroatoms. The van der Waals surface area contributed by atoms with Gasteiger partial charge in [-0.15, -0.1) is 0 Å². The van der Waals surface area contributed by atoms with Crippen LogP contribution in [0.1, 0.15) is 25.0 Å². The van der Waals surface area contributed by atoms with E-state index < -0.39 is 24.3 Å². The molecule has 8 nitrogen and oxygen atoms in total. The molecule has 2 aromatic carbocycles. The second-order valence-corrected chi connectivity index (χ2v) is 7.14. The van der Waals surface area contributed by atoms with Crippen molar-refractivity contribution in [1.29, 1.82) is 0 Å². The lowest BCUT2D eigenvalue weighted by Gasteiger charge is -2.28. The van der Waals surface area contributed by atoms with Crippen molar-refractivity contribution >= 4 is 29.3 Å². The van der Waals surface area contributed by atoms with Gasteiger partial charge in [0.1, 0.15) is 0 Å². The number of nitrogens with zero attached hydrogens (tertiary/aromatic N) is 2. The predicted molar refractivity (Wildman–Crippen MR) is 118 cm³/mol. The summed E-state index contributed by atoms with van der Waals surface area (Å²) < 4.78 is 9.91. The van der Waals surface area contributed by atoms with Gasteiger partial charge in [0.25, 0.3) is 0 Å². The summed E-state index contributed by atoms with van der Waals surface area (Å²) in [5.41, 5.74) is 9.27. The number of imide groups is 1. The summed E-state index contributed by atoms with van der Waals surface area (Å²) in [7, 11) is 0. The van der Waals surface area contributed by atoms with Crippen LogP contribution in [0.25, 0.3) is 0 Å². The van der Waals surface area contributed by atoms with Gasteiger partial charge >= 0.3 is 12.1 Å². The van der Waals surface area contributed by atoms with Crippen molar-refractivity contribution in [3.8, 4) is 0 Å². The van der Waals surface area contributed by atoms with Gasteiger partial charge in [0.05, 0.1) is 6.54 Å². The molecule has 0 aliphatic carbocycles. The van der Waals surface area contributed by atoms with Crippen molar-refractivity contribution in [3.63, 3.8) is 0 Å². The molecule has 0 heterocycles. The van der Waals surface area contributed by atoms with Gasteiger partial charge in [-0.25, -0.2) is 9.69 Å². The quantitative estimate of drug-likeness (QED) is 0.509. The van der Waals surface area contributed by atoms with Crippen LogP contribution in [0.3, 0.4) is 0 Å².